The summed E-state index contributed by atoms with van der Waals surface area (Å²) in [4.78, 5) is 4.07. The normalized spacial score (nSPS) is 13.9. The molecule has 0 radical (unpaired) electrons. The molecular weight excluding hydrogens is 224 g/mol. The van der Waals surface area contributed by atoms with E-state index in [1.807, 2.05) is 56.4 Å². The van der Waals surface area contributed by atoms with Gasteiger partial charge in [0.05, 0.1) is 12.1 Å². The zero-order valence-electron chi connectivity index (χ0n) is 10.7. The first-order valence-electron chi connectivity index (χ1n) is 6.01. The third kappa shape index (κ3) is 2.51. The Labute approximate surface area is 108 Å². The van der Waals surface area contributed by atoms with Crippen molar-refractivity contribution in [1.29, 1.82) is 0 Å². The summed E-state index contributed by atoms with van der Waals surface area (Å²) < 4.78 is 0. The Hall–Kier alpha value is -1.87. The highest BCUT2D eigenvalue weighted by Gasteiger charge is 2.25. The van der Waals surface area contributed by atoms with Crippen LogP contribution in [0.1, 0.15) is 18.1 Å². The summed E-state index contributed by atoms with van der Waals surface area (Å²) in [5, 5.41) is 13.1. The molecule has 0 aliphatic heterocycles. The molecule has 2 aromatic rings. The molecule has 1 heterocycles. The number of benzene rings is 1. The van der Waals surface area contributed by atoms with Crippen molar-refractivity contribution in [2.24, 2.45) is 0 Å². The Bertz CT molecular complexity index is 513. The molecule has 0 aliphatic rings. The molecule has 0 amide bonds. The van der Waals surface area contributed by atoms with Crippen LogP contribution in [0.25, 0.3) is 0 Å². The predicted molar refractivity (Wildman–Crippen MR) is 73.5 cm³/mol. The first-order valence-corrected chi connectivity index (χ1v) is 6.01. The largest absolute Gasteiger partial charge is 0.394 e. The van der Waals surface area contributed by atoms with Gasteiger partial charge in [-0.1, -0.05) is 30.3 Å². The molecule has 0 aliphatic carbocycles. The van der Waals surface area contributed by atoms with Gasteiger partial charge in [0.2, 0.25) is 0 Å². The van der Waals surface area contributed by atoms with Gasteiger partial charge in [0.25, 0.3) is 0 Å². The highest BCUT2D eigenvalue weighted by molar-refractivity contribution is 5.52. The zero-order valence-corrected chi connectivity index (χ0v) is 10.7. The molecule has 94 valence electrons. The van der Waals surface area contributed by atoms with Crippen molar-refractivity contribution >= 4 is 5.69 Å². The van der Waals surface area contributed by atoms with Crippen molar-refractivity contribution in [1.82, 2.24) is 4.98 Å². The molecule has 3 heteroatoms. The van der Waals surface area contributed by atoms with E-state index in [4.69, 9.17) is 0 Å². The standard InChI is InChI=1S/C15H18N2O/c1-12-10-16-9-8-14(12)17-15(2,11-18)13-6-4-3-5-7-13/h3-10,18H,11H2,1-2H3,(H,16,17). The minimum atomic E-state index is -0.493. The van der Waals surface area contributed by atoms with Gasteiger partial charge >= 0.3 is 0 Å². The molecule has 18 heavy (non-hydrogen) atoms. The number of nitrogens with zero attached hydrogens (tertiary/aromatic N) is 1. The molecule has 1 unspecified atom stereocenters. The van der Waals surface area contributed by atoms with Gasteiger partial charge in [0, 0.05) is 18.1 Å². The summed E-state index contributed by atoms with van der Waals surface area (Å²) in [5.41, 5.74) is 2.62. The van der Waals surface area contributed by atoms with Crippen LogP contribution in [0, 0.1) is 6.92 Å². The quantitative estimate of drug-likeness (QED) is 0.866. The fraction of sp³-hybridized carbons (Fsp3) is 0.267. The first-order chi connectivity index (χ1) is 8.65. The van der Waals surface area contributed by atoms with Crippen LogP contribution in [-0.4, -0.2) is 16.7 Å². The van der Waals surface area contributed by atoms with E-state index in [0.29, 0.717) is 0 Å². The van der Waals surface area contributed by atoms with Crippen molar-refractivity contribution in [3.05, 3.63) is 59.9 Å². The molecule has 0 fully saturated rings. The molecule has 1 aromatic carbocycles. The second-order valence-electron chi connectivity index (χ2n) is 4.67. The van der Waals surface area contributed by atoms with Crippen LogP contribution >= 0.6 is 0 Å². The van der Waals surface area contributed by atoms with Gasteiger partial charge in [-0.25, -0.2) is 0 Å². The molecule has 2 N–H and O–H groups in total. The number of hydrogen-bond acceptors (Lipinski definition) is 3. The smallest absolute Gasteiger partial charge is 0.0828 e. The van der Waals surface area contributed by atoms with Crippen molar-refractivity contribution in [3.63, 3.8) is 0 Å². The van der Waals surface area contributed by atoms with E-state index in [2.05, 4.69) is 10.3 Å². The molecule has 0 spiro atoms. The summed E-state index contributed by atoms with van der Waals surface area (Å²) in [7, 11) is 0. The van der Waals surface area contributed by atoms with Gasteiger partial charge in [-0.15, -0.1) is 0 Å². The van der Waals surface area contributed by atoms with Gasteiger partial charge < -0.3 is 10.4 Å². The number of aromatic nitrogens is 1. The Balaban J connectivity index is 2.32. The maximum Gasteiger partial charge on any atom is 0.0828 e. The Morgan fingerprint density at radius 3 is 2.56 bits per heavy atom. The van der Waals surface area contributed by atoms with Gasteiger partial charge in [-0.3, -0.25) is 4.98 Å². The average Bonchev–Trinajstić information content (AvgIpc) is 2.42. The highest BCUT2D eigenvalue weighted by atomic mass is 16.3. The maximum absolute atomic E-state index is 9.71. The average molecular weight is 242 g/mol. The van der Waals surface area contributed by atoms with Crippen LogP contribution < -0.4 is 5.32 Å². The van der Waals surface area contributed by atoms with Gasteiger partial charge in [-0.05, 0) is 31.0 Å². The molecule has 2 rings (SSSR count). The van der Waals surface area contributed by atoms with Crippen LogP contribution in [0.4, 0.5) is 5.69 Å². The number of aliphatic hydroxyl groups excluding tert-OH is 1. The summed E-state index contributed by atoms with van der Waals surface area (Å²) >= 11 is 0. The van der Waals surface area contributed by atoms with Gasteiger partial charge in [0.15, 0.2) is 0 Å². The second kappa shape index (κ2) is 5.19. The highest BCUT2D eigenvalue weighted by Crippen LogP contribution is 2.26. The van der Waals surface area contributed by atoms with Crippen molar-refractivity contribution < 1.29 is 5.11 Å². The SMILES string of the molecule is Cc1cnccc1NC(C)(CO)c1ccccc1. The third-order valence-corrected chi connectivity index (χ3v) is 3.16. The lowest BCUT2D eigenvalue weighted by molar-refractivity contribution is 0.224. The lowest BCUT2D eigenvalue weighted by atomic mass is 9.92. The summed E-state index contributed by atoms with van der Waals surface area (Å²) in [5.74, 6) is 0. The lowest BCUT2D eigenvalue weighted by Gasteiger charge is -2.31. The number of anilines is 1. The number of rotatable bonds is 4. The number of hydrogen-bond donors (Lipinski definition) is 2. The number of nitrogens with one attached hydrogen (secondary N) is 1. The summed E-state index contributed by atoms with van der Waals surface area (Å²) in [6, 6.07) is 11.9. The van der Waals surface area contributed by atoms with Crippen LogP contribution in [0.15, 0.2) is 48.8 Å². The topological polar surface area (TPSA) is 45.2 Å². The number of aryl methyl sites for hydroxylation is 1. The zero-order chi connectivity index (χ0) is 13.0. The number of pyridine rings is 1. The van der Waals surface area contributed by atoms with E-state index in [9.17, 15) is 5.11 Å². The van der Waals surface area contributed by atoms with E-state index in [-0.39, 0.29) is 6.61 Å². The fourth-order valence-corrected chi connectivity index (χ4v) is 1.92. The number of aliphatic hydroxyl groups is 1. The van der Waals surface area contributed by atoms with Crippen molar-refractivity contribution in [2.75, 3.05) is 11.9 Å². The maximum atomic E-state index is 9.71. The molecule has 0 saturated carbocycles. The van der Waals surface area contributed by atoms with Gasteiger partial charge in [-0.2, -0.15) is 0 Å². The summed E-state index contributed by atoms with van der Waals surface area (Å²) in [6.45, 7) is 4.01. The Morgan fingerprint density at radius 2 is 1.94 bits per heavy atom. The molecule has 1 aromatic heterocycles. The minimum Gasteiger partial charge on any atom is -0.394 e. The van der Waals surface area contributed by atoms with E-state index < -0.39 is 5.54 Å². The lowest BCUT2D eigenvalue weighted by Crippen LogP contribution is -2.36. The van der Waals surface area contributed by atoms with E-state index in [0.717, 1.165) is 16.8 Å². The Kier molecular flexibility index (Phi) is 3.63. The molecule has 0 bridgehead atoms. The fourth-order valence-electron chi connectivity index (χ4n) is 1.92. The first kappa shape index (κ1) is 12.6. The molecule has 3 nitrogen and oxygen atoms in total. The summed E-state index contributed by atoms with van der Waals surface area (Å²) in [6.07, 6.45) is 3.56. The van der Waals surface area contributed by atoms with Crippen LogP contribution in [0.2, 0.25) is 0 Å². The van der Waals surface area contributed by atoms with Gasteiger partial charge in [0.1, 0.15) is 0 Å². The van der Waals surface area contributed by atoms with Crippen LogP contribution in [0.5, 0.6) is 0 Å². The molecular formula is C15H18N2O. The van der Waals surface area contributed by atoms with E-state index in [1.54, 1.807) is 6.20 Å². The van der Waals surface area contributed by atoms with Crippen molar-refractivity contribution in [3.8, 4) is 0 Å². The van der Waals surface area contributed by atoms with E-state index >= 15 is 0 Å². The minimum absolute atomic E-state index is 0.0266. The van der Waals surface area contributed by atoms with Crippen LogP contribution in [0.3, 0.4) is 0 Å². The third-order valence-electron chi connectivity index (χ3n) is 3.16. The monoisotopic (exact) mass is 242 g/mol. The van der Waals surface area contributed by atoms with E-state index in [1.165, 1.54) is 0 Å². The molecule has 1 atom stereocenters. The van der Waals surface area contributed by atoms with Crippen LogP contribution in [-0.2, 0) is 5.54 Å². The predicted octanol–water partition coefficient (Wildman–Crippen LogP) is 2.71. The van der Waals surface area contributed by atoms with Crippen molar-refractivity contribution in [2.45, 2.75) is 19.4 Å². The second-order valence-corrected chi connectivity index (χ2v) is 4.67. The molecule has 0 saturated heterocycles. The Morgan fingerprint density at radius 1 is 1.22 bits per heavy atom.